The maximum atomic E-state index is 11.2. The molecule has 2 heterocycles. The Hall–Kier alpha value is -4.55. The minimum Gasteiger partial charge on any atom is -0.490 e. The molecule has 4 fully saturated rings. The molecule has 4 aromatic carbocycles. The van der Waals surface area contributed by atoms with Crippen LogP contribution < -0.4 is 14.8 Å². The number of aliphatic hydroxyl groups is 2. The molecule has 2 saturated heterocycles. The molecule has 0 unspecified atom stereocenters. The van der Waals surface area contributed by atoms with Crippen LogP contribution in [0.4, 0.5) is 0 Å². The van der Waals surface area contributed by atoms with Gasteiger partial charge in [-0.05, 0) is 176 Å². The maximum absolute atomic E-state index is 11.2. The molecule has 0 bridgehead atoms. The van der Waals surface area contributed by atoms with E-state index in [1.807, 2.05) is 30.3 Å². The van der Waals surface area contributed by atoms with Crippen LogP contribution in [-0.2, 0) is 16.1 Å². The Balaban J connectivity index is 0.000000184. The van der Waals surface area contributed by atoms with Crippen LogP contribution in [0.3, 0.4) is 0 Å². The van der Waals surface area contributed by atoms with Crippen molar-refractivity contribution in [3.8, 4) is 11.5 Å². The molecule has 8 rings (SSSR count). The second kappa shape index (κ2) is 21.4. The number of carbonyl (C=O) groups excluding carboxylic acids is 1. The van der Waals surface area contributed by atoms with Gasteiger partial charge in [-0.3, -0.25) is 9.69 Å². The normalized spacial score (nSPS) is 23.5. The number of hydrogen-bond acceptors (Lipinski definition) is 9. The van der Waals surface area contributed by atoms with Gasteiger partial charge in [-0.2, -0.15) is 0 Å². The van der Waals surface area contributed by atoms with Crippen molar-refractivity contribution >= 4 is 39.8 Å². The summed E-state index contributed by atoms with van der Waals surface area (Å²) in [5.74, 6) is 1.28. The van der Waals surface area contributed by atoms with E-state index >= 15 is 0 Å². The van der Waals surface area contributed by atoms with E-state index in [-0.39, 0.29) is 12.8 Å². The van der Waals surface area contributed by atoms with Gasteiger partial charge in [0, 0.05) is 25.2 Å². The molecule has 65 heavy (non-hydrogen) atoms. The summed E-state index contributed by atoms with van der Waals surface area (Å²) in [5, 5.41) is 44.7. The number of benzene rings is 4. The van der Waals surface area contributed by atoms with Gasteiger partial charge in [0.15, 0.2) is 11.2 Å². The number of likely N-dealkylation sites (tertiary alicyclic amines) is 1. The van der Waals surface area contributed by atoms with Crippen LogP contribution in [0.5, 0.6) is 11.5 Å². The summed E-state index contributed by atoms with van der Waals surface area (Å²) in [6.07, 6.45) is 12.2. The molecule has 4 aromatic rings. The maximum Gasteiger partial charge on any atom is 0.335 e. The minimum absolute atomic E-state index is 0.272. The molecule has 0 aromatic heterocycles. The molecule has 4 aliphatic rings. The Morgan fingerprint density at radius 2 is 1.03 bits per heavy atom. The van der Waals surface area contributed by atoms with Crippen LogP contribution >= 0.6 is 0 Å². The molecule has 11 nitrogen and oxygen atoms in total. The van der Waals surface area contributed by atoms with Crippen molar-refractivity contribution < 1.29 is 44.3 Å². The Morgan fingerprint density at radius 1 is 0.615 bits per heavy atom. The number of nitrogens with zero attached hydrogens (tertiary/aromatic N) is 1. The highest BCUT2D eigenvalue weighted by Gasteiger charge is 2.39. The van der Waals surface area contributed by atoms with Crippen LogP contribution in [-0.4, -0.2) is 93.1 Å². The summed E-state index contributed by atoms with van der Waals surface area (Å²) >= 11 is 0. The lowest BCUT2D eigenvalue weighted by Gasteiger charge is -2.37. The van der Waals surface area contributed by atoms with Crippen molar-refractivity contribution in [1.29, 1.82) is 0 Å². The lowest BCUT2D eigenvalue weighted by molar-refractivity contribution is -0.163. The number of rotatable bonds is 9. The number of carbonyl (C=O) groups is 3. The highest BCUT2D eigenvalue weighted by Crippen LogP contribution is 2.40. The summed E-state index contributed by atoms with van der Waals surface area (Å²) in [7, 11) is 0. The largest absolute Gasteiger partial charge is 0.490 e. The first-order valence-corrected chi connectivity index (χ1v) is 23.9. The van der Waals surface area contributed by atoms with Crippen LogP contribution in [0.15, 0.2) is 72.8 Å². The fourth-order valence-electron chi connectivity index (χ4n) is 9.92. The molecule has 5 N–H and O–H groups in total. The number of aldehydes is 1. The number of carboxylic acid groups (broad SMARTS) is 2. The summed E-state index contributed by atoms with van der Waals surface area (Å²) in [6.45, 7) is 17.2. The third kappa shape index (κ3) is 13.8. The van der Waals surface area contributed by atoms with Gasteiger partial charge in [0.05, 0.1) is 12.2 Å². The second-order valence-corrected chi connectivity index (χ2v) is 21.3. The van der Waals surface area contributed by atoms with Crippen molar-refractivity contribution in [2.75, 3.05) is 26.2 Å². The standard InChI is InChI=1S/C27H37NO4.C21H26O2.C6H11NO3/c1-26(2,3)22-7-10-23(11-8-22)32-24-9-6-20-16-19(4-5-21(20)17-24)18-28-14-12-27(31,13-15-28)25(29)30;1-21(2,3)18-7-10-19(11-8-18)23-20-9-6-16-12-15(14-22)4-5-17(16)13-20;8-5(9)6(10)1-3-7-4-2-6/h4-6,9,16-17,22-23,31H,7-8,10-15,18H2,1-3H3,(H,29,30);4-6,9,12-14,18-19H,7-8,10-11H2,1-3H3;7,10H,1-4H2,(H,8,9). The summed E-state index contributed by atoms with van der Waals surface area (Å²) in [6, 6.07) is 24.7. The zero-order valence-electron chi connectivity index (χ0n) is 39.6. The first-order chi connectivity index (χ1) is 30.7. The number of nitrogens with one attached hydrogen (secondary N) is 1. The van der Waals surface area contributed by atoms with Crippen LogP contribution in [0.2, 0.25) is 0 Å². The zero-order chi connectivity index (χ0) is 47.0. The first kappa shape index (κ1) is 49.9. The Morgan fingerprint density at radius 3 is 1.46 bits per heavy atom. The number of piperidine rings is 2. The molecule has 0 atom stereocenters. The van der Waals surface area contributed by atoms with Gasteiger partial charge in [-0.15, -0.1) is 0 Å². The number of ether oxygens (including phenoxy) is 2. The predicted octanol–water partition coefficient (Wildman–Crippen LogP) is 10.1. The highest BCUT2D eigenvalue weighted by atomic mass is 16.5. The van der Waals surface area contributed by atoms with Gasteiger partial charge in [-0.25, -0.2) is 9.59 Å². The smallest absolute Gasteiger partial charge is 0.335 e. The number of carboxylic acids is 2. The number of aliphatic carboxylic acids is 2. The fraction of sp³-hybridized carbons (Fsp3) is 0.574. The molecule has 2 aliphatic heterocycles. The van der Waals surface area contributed by atoms with Gasteiger partial charge >= 0.3 is 11.9 Å². The topological polar surface area (TPSA) is 166 Å². The Bertz CT molecular complexity index is 2210. The lowest BCUT2D eigenvalue weighted by atomic mass is 9.72. The van der Waals surface area contributed by atoms with Gasteiger partial charge in [0.2, 0.25) is 0 Å². The zero-order valence-corrected chi connectivity index (χ0v) is 39.6. The number of fused-ring (bicyclic) bond motifs is 2. The van der Waals surface area contributed by atoms with Gasteiger partial charge < -0.3 is 35.2 Å². The molecule has 11 heteroatoms. The molecular formula is C54H74N2O9. The average Bonchev–Trinajstić information content (AvgIpc) is 3.27. The second-order valence-electron chi connectivity index (χ2n) is 21.3. The third-order valence-electron chi connectivity index (χ3n) is 14.6. The summed E-state index contributed by atoms with van der Waals surface area (Å²) in [4.78, 5) is 34.7. The fourth-order valence-corrected chi connectivity index (χ4v) is 9.92. The monoisotopic (exact) mass is 895 g/mol. The molecular weight excluding hydrogens is 821 g/mol. The van der Waals surface area contributed by atoms with E-state index in [4.69, 9.17) is 14.6 Å². The minimum atomic E-state index is -1.57. The Kier molecular flexibility index (Phi) is 16.4. The molecule has 2 aliphatic carbocycles. The van der Waals surface area contributed by atoms with Gasteiger partial charge in [0.1, 0.15) is 17.8 Å². The van der Waals surface area contributed by atoms with Crippen LogP contribution in [0.25, 0.3) is 21.5 Å². The van der Waals surface area contributed by atoms with E-state index in [0.29, 0.717) is 67.6 Å². The van der Waals surface area contributed by atoms with E-state index < -0.39 is 23.1 Å². The van der Waals surface area contributed by atoms with Gasteiger partial charge in [0.25, 0.3) is 0 Å². The van der Waals surface area contributed by atoms with E-state index in [0.717, 1.165) is 72.6 Å². The highest BCUT2D eigenvalue weighted by molar-refractivity contribution is 5.89. The Labute approximate surface area is 385 Å². The average molecular weight is 895 g/mol. The number of hydrogen-bond donors (Lipinski definition) is 5. The molecule has 0 spiro atoms. The predicted molar refractivity (Wildman–Crippen MR) is 257 cm³/mol. The van der Waals surface area contributed by atoms with E-state index in [9.17, 15) is 29.7 Å². The molecule has 0 radical (unpaired) electrons. The van der Waals surface area contributed by atoms with Crippen molar-refractivity contribution in [3.63, 3.8) is 0 Å². The lowest BCUT2D eigenvalue weighted by Crippen LogP contribution is -2.49. The third-order valence-corrected chi connectivity index (χ3v) is 14.6. The van der Waals surface area contributed by atoms with E-state index in [1.165, 1.54) is 42.0 Å². The summed E-state index contributed by atoms with van der Waals surface area (Å²) < 4.78 is 12.5. The van der Waals surface area contributed by atoms with E-state index in [2.05, 4.69) is 94.2 Å². The van der Waals surface area contributed by atoms with E-state index in [1.54, 1.807) is 0 Å². The van der Waals surface area contributed by atoms with Crippen LogP contribution in [0.1, 0.15) is 135 Å². The van der Waals surface area contributed by atoms with Gasteiger partial charge in [-0.1, -0.05) is 77.9 Å². The van der Waals surface area contributed by atoms with Crippen LogP contribution in [0, 0.1) is 22.7 Å². The quantitative estimate of drug-likeness (QED) is 0.102. The molecule has 0 amide bonds. The molecule has 2 saturated carbocycles. The van der Waals surface area contributed by atoms with Crippen molar-refractivity contribution in [1.82, 2.24) is 10.2 Å². The first-order valence-electron chi connectivity index (χ1n) is 23.9. The molecule has 354 valence electrons. The van der Waals surface area contributed by atoms with Crippen molar-refractivity contribution in [2.45, 2.75) is 149 Å². The van der Waals surface area contributed by atoms with Crippen molar-refractivity contribution in [3.05, 3.63) is 83.9 Å². The van der Waals surface area contributed by atoms with Crippen molar-refractivity contribution in [2.24, 2.45) is 22.7 Å². The summed E-state index contributed by atoms with van der Waals surface area (Å²) in [5.41, 5.74) is -0.325. The SMILES string of the molecule is CC(C)(C)C1CCC(Oc2ccc3cc(C=O)ccc3c2)CC1.CC(C)(C)C1CCC(Oc2ccc3cc(CN4CCC(O)(C(=O)O)CC4)ccc3c2)CC1.O=C(O)C1(O)CCNCC1.